The molecule has 112 valence electrons. The predicted molar refractivity (Wildman–Crippen MR) is 87.1 cm³/mol. The molecular formula is C16H23ClO2S. The first-order valence-electron chi connectivity index (χ1n) is 7.30. The molecule has 0 spiro atoms. The number of benzene rings is 1. The highest BCUT2D eigenvalue weighted by Gasteiger charge is 2.09. The summed E-state index contributed by atoms with van der Waals surface area (Å²) in [6.07, 6.45) is 9.07. The summed E-state index contributed by atoms with van der Waals surface area (Å²) in [4.78, 5) is 12.0. The summed E-state index contributed by atoms with van der Waals surface area (Å²) in [5.74, 6) is 0.0717. The van der Waals surface area contributed by atoms with Crippen molar-refractivity contribution in [1.29, 1.82) is 0 Å². The van der Waals surface area contributed by atoms with E-state index in [4.69, 9.17) is 16.7 Å². The molecule has 1 N–H and O–H groups in total. The van der Waals surface area contributed by atoms with Crippen molar-refractivity contribution < 1.29 is 9.90 Å². The van der Waals surface area contributed by atoms with Crippen LogP contribution in [-0.2, 0) is 0 Å². The quantitative estimate of drug-likeness (QED) is 0.433. The molecule has 0 amide bonds. The predicted octanol–water partition coefficient (Wildman–Crippen LogP) is 5.88. The third-order valence-electron chi connectivity index (χ3n) is 3.18. The van der Waals surface area contributed by atoms with E-state index in [2.05, 4.69) is 6.92 Å². The summed E-state index contributed by atoms with van der Waals surface area (Å²) < 4.78 is 0. The van der Waals surface area contributed by atoms with E-state index in [1.54, 1.807) is 23.9 Å². The summed E-state index contributed by atoms with van der Waals surface area (Å²) in [5.41, 5.74) is 0.191. The number of hydrogen-bond donors (Lipinski definition) is 1. The van der Waals surface area contributed by atoms with Crippen molar-refractivity contribution in [3.63, 3.8) is 0 Å². The molecule has 1 aromatic rings. The Balaban J connectivity index is 2.22. The fraction of sp³-hybridized carbons (Fsp3) is 0.562. The SMILES string of the molecule is CCCCCCCCCSc1ccc(Cl)c(C(=O)O)c1. The Bertz CT molecular complexity index is 421. The van der Waals surface area contributed by atoms with Crippen molar-refractivity contribution in [3.05, 3.63) is 28.8 Å². The van der Waals surface area contributed by atoms with Gasteiger partial charge in [0.05, 0.1) is 10.6 Å². The maximum atomic E-state index is 11.0. The standard InChI is InChI=1S/C16H23ClO2S/c1-2-3-4-5-6-7-8-11-20-13-9-10-15(17)14(12-13)16(18)19/h9-10,12H,2-8,11H2,1H3,(H,18,19). The molecule has 4 heteroatoms. The van der Waals surface area contributed by atoms with Gasteiger partial charge in [-0.25, -0.2) is 4.79 Å². The van der Waals surface area contributed by atoms with Crippen molar-refractivity contribution in [2.24, 2.45) is 0 Å². The van der Waals surface area contributed by atoms with Gasteiger partial charge in [0.2, 0.25) is 0 Å². The van der Waals surface area contributed by atoms with Crippen molar-refractivity contribution in [3.8, 4) is 0 Å². The Hall–Kier alpha value is -0.670. The second-order valence-electron chi connectivity index (χ2n) is 4.92. The maximum absolute atomic E-state index is 11.0. The normalized spacial score (nSPS) is 10.7. The van der Waals surface area contributed by atoms with E-state index >= 15 is 0 Å². The Morgan fingerprint density at radius 2 is 1.80 bits per heavy atom. The molecule has 0 saturated heterocycles. The second kappa shape index (κ2) is 10.1. The molecule has 0 heterocycles. The first-order valence-corrected chi connectivity index (χ1v) is 8.67. The largest absolute Gasteiger partial charge is 0.478 e. The van der Waals surface area contributed by atoms with Crippen molar-refractivity contribution in [2.45, 2.75) is 56.8 Å². The first kappa shape index (κ1) is 17.4. The fourth-order valence-corrected chi connectivity index (χ4v) is 3.16. The van der Waals surface area contributed by atoms with Crippen molar-refractivity contribution >= 4 is 29.3 Å². The van der Waals surface area contributed by atoms with Gasteiger partial charge in [0.25, 0.3) is 0 Å². The summed E-state index contributed by atoms with van der Waals surface area (Å²) >= 11 is 7.55. The van der Waals surface area contributed by atoms with E-state index in [9.17, 15) is 4.79 Å². The third-order valence-corrected chi connectivity index (χ3v) is 4.59. The number of carboxylic acids is 1. The Kier molecular flexibility index (Phi) is 8.79. The van der Waals surface area contributed by atoms with E-state index < -0.39 is 5.97 Å². The third kappa shape index (κ3) is 6.67. The minimum absolute atomic E-state index is 0.191. The molecule has 1 aromatic carbocycles. The van der Waals surface area contributed by atoms with E-state index in [0.29, 0.717) is 5.02 Å². The number of halogens is 1. The van der Waals surface area contributed by atoms with Gasteiger partial charge in [-0.05, 0) is 30.4 Å². The topological polar surface area (TPSA) is 37.3 Å². The lowest BCUT2D eigenvalue weighted by atomic mass is 10.1. The highest BCUT2D eigenvalue weighted by atomic mass is 35.5. The van der Waals surface area contributed by atoms with Crippen LogP contribution in [0.25, 0.3) is 0 Å². The van der Waals surface area contributed by atoms with Crippen LogP contribution in [0.5, 0.6) is 0 Å². The molecule has 0 aliphatic rings. The van der Waals surface area contributed by atoms with Crippen molar-refractivity contribution in [2.75, 3.05) is 5.75 Å². The highest BCUT2D eigenvalue weighted by molar-refractivity contribution is 7.99. The second-order valence-corrected chi connectivity index (χ2v) is 6.49. The molecule has 0 saturated carbocycles. The number of carbonyl (C=O) groups is 1. The maximum Gasteiger partial charge on any atom is 0.337 e. The lowest BCUT2D eigenvalue weighted by Crippen LogP contribution is -1.97. The van der Waals surface area contributed by atoms with Crippen LogP contribution in [0.3, 0.4) is 0 Å². The minimum Gasteiger partial charge on any atom is -0.478 e. The zero-order chi connectivity index (χ0) is 14.8. The van der Waals surface area contributed by atoms with Gasteiger partial charge in [-0.15, -0.1) is 11.8 Å². The number of carboxylic acid groups (broad SMARTS) is 1. The summed E-state index contributed by atoms with van der Waals surface area (Å²) in [6.45, 7) is 2.23. The molecule has 0 aromatic heterocycles. The highest BCUT2D eigenvalue weighted by Crippen LogP contribution is 2.25. The first-order chi connectivity index (χ1) is 9.65. The van der Waals surface area contributed by atoms with Crippen molar-refractivity contribution in [1.82, 2.24) is 0 Å². The minimum atomic E-state index is -0.964. The molecule has 0 bridgehead atoms. The van der Waals surface area contributed by atoms with Crippen LogP contribution >= 0.6 is 23.4 Å². The molecule has 0 fully saturated rings. The molecular weight excluding hydrogens is 292 g/mol. The number of unbranched alkanes of at least 4 members (excludes halogenated alkanes) is 6. The van der Waals surface area contributed by atoms with Gasteiger partial charge < -0.3 is 5.11 Å². The number of hydrogen-bond acceptors (Lipinski definition) is 2. The molecule has 0 unspecified atom stereocenters. The zero-order valence-corrected chi connectivity index (χ0v) is 13.6. The smallest absolute Gasteiger partial charge is 0.337 e. The van der Waals surface area contributed by atoms with Gasteiger partial charge in [-0.1, -0.05) is 57.0 Å². The molecule has 1 rings (SSSR count). The van der Waals surface area contributed by atoms with Crippen LogP contribution in [0.15, 0.2) is 23.1 Å². The molecule has 20 heavy (non-hydrogen) atoms. The zero-order valence-electron chi connectivity index (χ0n) is 12.0. The van der Waals surface area contributed by atoms with E-state index in [0.717, 1.165) is 10.6 Å². The van der Waals surface area contributed by atoms with Crippen LogP contribution < -0.4 is 0 Å². The van der Waals surface area contributed by atoms with Crippen LogP contribution in [0.2, 0.25) is 5.02 Å². The van der Waals surface area contributed by atoms with Crippen LogP contribution in [-0.4, -0.2) is 16.8 Å². The van der Waals surface area contributed by atoms with Crippen LogP contribution in [0.1, 0.15) is 62.2 Å². The average molecular weight is 315 g/mol. The van der Waals surface area contributed by atoms with Crippen LogP contribution in [0.4, 0.5) is 0 Å². The summed E-state index contributed by atoms with van der Waals surface area (Å²) in [6, 6.07) is 5.22. The van der Waals surface area contributed by atoms with Gasteiger partial charge in [-0.3, -0.25) is 0 Å². The van der Waals surface area contributed by atoms with Crippen LogP contribution in [0, 0.1) is 0 Å². The summed E-state index contributed by atoms with van der Waals surface area (Å²) in [5, 5.41) is 9.31. The van der Waals surface area contributed by atoms with Gasteiger partial charge >= 0.3 is 5.97 Å². The van der Waals surface area contributed by atoms with E-state index in [-0.39, 0.29) is 5.56 Å². The monoisotopic (exact) mass is 314 g/mol. The Morgan fingerprint density at radius 1 is 1.15 bits per heavy atom. The lowest BCUT2D eigenvalue weighted by Gasteiger charge is -2.05. The molecule has 0 radical (unpaired) electrons. The molecule has 0 aliphatic carbocycles. The summed E-state index contributed by atoms with van der Waals surface area (Å²) in [7, 11) is 0. The number of rotatable bonds is 10. The van der Waals surface area contributed by atoms with Gasteiger partial charge in [0.15, 0.2) is 0 Å². The Morgan fingerprint density at radius 3 is 2.45 bits per heavy atom. The average Bonchev–Trinajstić information content (AvgIpc) is 2.43. The fourth-order valence-electron chi connectivity index (χ4n) is 2.01. The van der Waals surface area contributed by atoms with Gasteiger partial charge in [0, 0.05) is 4.90 Å². The molecule has 0 atom stereocenters. The van der Waals surface area contributed by atoms with Gasteiger partial charge in [-0.2, -0.15) is 0 Å². The number of aromatic carboxylic acids is 1. The Labute approximate surface area is 130 Å². The molecule has 0 aliphatic heterocycles. The van der Waals surface area contributed by atoms with E-state index in [1.807, 2.05) is 6.07 Å². The van der Waals surface area contributed by atoms with Gasteiger partial charge in [0.1, 0.15) is 0 Å². The number of thioether (sulfide) groups is 1. The van der Waals surface area contributed by atoms with E-state index in [1.165, 1.54) is 44.9 Å². The lowest BCUT2D eigenvalue weighted by molar-refractivity contribution is 0.0697. The molecule has 2 nitrogen and oxygen atoms in total.